The molecule has 3 aromatic rings. The van der Waals surface area contributed by atoms with E-state index in [9.17, 15) is 9.59 Å². The molecule has 0 unspecified atom stereocenters. The van der Waals surface area contributed by atoms with Crippen molar-refractivity contribution in [1.82, 2.24) is 3.96 Å². The van der Waals surface area contributed by atoms with Crippen molar-refractivity contribution in [1.29, 1.82) is 0 Å². The zero-order valence-electron chi connectivity index (χ0n) is 10.6. The van der Waals surface area contributed by atoms with Gasteiger partial charge in [-0.3, -0.25) is 9.59 Å². The van der Waals surface area contributed by atoms with E-state index in [4.69, 9.17) is 5.73 Å². The Balaban J connectivity index is 2.05. The Labute approximate surface area is 119 Å². The zero-order valence-corrected chi connectivity index (χ0v) is 11.4. The summed E-state index contributed by atoms with van der Waals surface area (Å²) in [7, 11) is 0. The maximum absolute atomic E-state index is 12.3. The number of nitrogens with zero attached hydrogens (tertiary/aromatic N) is 1. The highest BCUT2D eigenvalue weighted by atomic mass is 32.1. The molecule has 0 saturated carbocycles. The Morgan fingerprint density at radius 3 is 2.45 bits per heavy atom. The van der Waals surface area contributed by atoms with Gasteiger partial charge in [0.25, 0.3) is 5.56 Å². The molecule has 2 aromatic carbocycles. The van der Waals surface area contributed by atoms with E-state index in [0.29, 0.717) is 0 Å². The van der Waals surface area contributed by atoms with Crippen LogP contribution < -0.4 is 11.3 Å². The molecule has 2 N–H and O–H groups in total. The molecule has 100 valence electrons. The van der Waals surface area contributed by atoms with Gasteiger partial charge in [-0.1, -0.05) is 35.8 Å². The highest BCUT2D eigenvalue weighted by Crippen LogP contribution is 2.20. The van der Waals surface area contributed by atoms with E-state index in [1.54, 1.807) is 3.96 Å². The van der Waals surface area contributed by atoms with Gasteiger partial charge in [-0.2, -0.15) is 0 Å². The number of rotatable bonds is 3. The fraction of sp³-hybridized carbons (Fsp3) is 0.0667. The largest absolute Gasteiger partial charge is 0.369 e. The number of hydrogen-bond donors (Lipinski definition) is 1. The number of primary amides is 1. The molecular weight excluding hydrogens is 272 g/mol. The number of carbonyl (C=O) groups excluding carboxylic acids is 1. The molecule has 0 bridgehead atoms. The van der Waals surface area contributed by atoms with Crippen molar-refractivity contribution in [2.45, 2.75) is 6.42 Å². The second-order valence-electron chi connectivity index (χ2n) is 4.50. The first-order valence-electron chi connectivity index (χ1n) is 6.14. The summed E-state index contributed by atoms with van der Waals surface area (Å²) in [6, 6.07) is 14.8. The average Bonchev–Trinajstić information content (AvgIpc) is 2.77. The standard InChI is InChI=1S/C15H12N2O2S/c16-14(18)9-10-5-7-11(8-6-10)17-15(19)12-3-1-2-4-13(12)20-17/h1-8H,9H2,(H2,16,18). The Morgan fingerprint density at radius 2 is 1.80 bits per heavy atom. The van der Waals surface area contributed by atoms with Crippen LogP contribution >= 0.6 is 11.5 Å². The first kappa shape index (κ1) is 12.6. The third-order valence-electron chi connectivity index (χ3n) is 3.04. The number of hydrogen-bond acceptors (Lipinski definition) is 3. The van der Waals surface area contributed by atoms with Crippen LogP contribution in [-0.4, -0.2) is 9.86 Å². The SMILES string of the molecule is NC(=O)Cc1ccc(-n2sc3ccccc3c2=O)cc1. The Bertz CT molecular complexity index is 831. The summed E-state index contributed by atoms with van der Waals surface area (Å²) < 4.78 is 2.61. The van der Waals surface area contributed by atoms with Gasteiger partial charge < -0.3 is 5.73 Å². The zero-order chi connectivity index (χ0) is 14.1. The van der Waals surface area contributed by atoms with Crippen molar-refractivity contribution in [3.8, 4) is 5.69 Å². The van der Waals surface area contributed by atoms with Crippen LogP contribution in [0, 0.1) is 0 Å². The predicted octanol–water partition coefficient (Wildman–Crippen LogP) is 2.08. The molecule has 0 atom stereocenters. The van der Waals surface area contributed by atoms with Gasteiger partial charge in [-0.15, -0.1) is 0 Å². The fourth-order valence-electron chi connectivity index (χ4n) is 2.09. The molecule has 0 saturated heterocycles. The molecule has 0 aliphatic rings. The van der Waals surface area contributed by atoms with Crippen LogP contribution in [0.1, 0.15) is 5.56 Å². The molecule has 1 amide bonds. The quantitative estimate of drug-likeness (QED) is 0.800. The Hall–Kier alpha value is -2.40. The summed E-state index contributed by atoms with van der Waals surface area (Å²) in [6.07, 6.45) is 0.210. The molecule has 3 rings (SSSR count). The van der Waals surface area contributed by atoms with Gasteiger partial charge in [0, 0.05) is 0 Å². The summed E-state index contributed by atoms with van der Waals surface area (Å²) in [5.41, 5.74) is 6.78. The van der Waals surface area contributed by atoms with Gasteiger partial charge in [-0.25, -0.2) is 3.96 Å². The highest BCUT2D eigenvalue weighted by molar-refractivity contribution is 7.14. The molecular formula is C15H12N2O2S. The summed E-state index contributed by atoms with van der Waals surface area (Å²) in [6.45, 7) is 0. The van der Waals surface area contributed by atoms with Crippen molar-refractivity contribution in [2.24, 2.45) is 5.73 Å². The number of aromatic nitrogens is 1. The lowest BCUT2D eigenvalue weighted by Crippen LogP contribution is -2.14. The van der Waals surface area contributed by atoms with Crippen molar-refractivity contribution in [3.05, 3.63) is 64.4 Å². The summed E-state index contributed by atoms with van der Waals surface area (Å²) in [5, 5.41) is 0.721. The van der Waals surface area contributed by atoms with Crippen LogP contribution in [0.4, 0.5) is 0 Å². The van der Waals surface area contributed by atoms with Crippen molar-refractivity contribution in [3.63, 3.8) is 0 Å². The summed E-state index contributed by atoms with van der Waals surface area (Å²) in [5.74, 6) is -0.364. The molecule has 0 fully saturated rings. The van der Waals surface area contributed by atoms with E-state index in [0.717, 1.165) is 21.3 Å². The molecule has 4 nitrogen and oxygen atoms in total. The predicted molar refractivity (Wildman–Crippen MR) is 80.3 cm³/mol. The second-order valence-corrected chi connectivity index (χ2v) is 5.48. The van der Waals surface area contributed by atoms with Gasteiger partial charge >= 0.3 is 0 Å². The van der Waals surface area contributed by atoms with E-state index in [1.165, 1.54) is 11.5 Å². The minimum Gasteiger partial charge on any atom is -0.369 e. The van der Waals surface area contributed by atoms with Gasteiger partial charge in [0.15, 0.2) is 0 Å². The van der Waals surface area contributed by atoms with Crippen LogP contribution in [0.2, 0.25) is 0 Å². The lowest BCUT2D eigenvalue weighted by molar-refractivity contribution is -0.117. The van der Waals surface area contributed by atoms with Crippen LogP contribution in [0.25, 0.3) is 15.8 Å². The second kappa shape index (κ2) is 4.94. The topological polar surface area (TPSA) is 65.1 Å². The fourth-order valence-corrected chi connectivity index (χ4v) is 3.09. The number of carbonyl (C=O) groups is 1. The molecule has 0 aliphatic carbocycles. The number of fused-ring (bicyclic) bond motifs is 1. The first-order valence-corrected chi connectivity index (χ1v) is 6.91. The normalized spacial score (nSPS) is 10.8. The number of benzene rings is 2. The smallest absolute Gasteiger partial charge is 0.273 e. The highest BCUT2D eigenvalue weighted by Gasteiger charge is 2.08. The minimum absolute atomic E-state index is 0.0201. The number of nitrogens with two attached hydrogens (primary N) is 1. The number of amides is 1. The van der Waals surface area contributed by atoms with Gasteiger partial charge in [0.2, 0.25) is 5.91 Å². The van der Waals surface area contributed by atoms with E-state index >= 15 is 0 Å². The van der Waals surface area contributed by atoms with Gasteiger partial charge in [0.1, 0.15) is 0 Å². The van der Waals surface area contributed by atoms with E-state index < -0.39 is 0 Å². The monoisotopic (exact) mass is 284 g/mol. The lowest BCUT2D eigenvalue weighted by Gasteiger charge is -2.02. The Kier molecular flexibility index (Phi) is 3.12. The minimum atomic E-state index is -0.364. The van der Waals surface area contributed by atoms with Crippen LogP contribution in [-0.2, 0) is 11.2 Å². The third kappa shape index (κ3) is 2.23. The molecule has 20 heavy (non-hydrogen) atoms. The summed E-state index contributed by atoms with van der Waals surface area (Å²) >= 11 is 1.41. The van der Waals surface area contributed by atoms with Crippen LogP contribution in [0.3, 0.4) is 0 Å². The molecule has 0 aliphatic heterocycles. The van der Waals surface area contributed by atoms with Crippen molar-refractivity contribution in [2.75, 3.05) is 0 Å². The van der Waals surface area contributed by atoms with Gasteiger partial charge in [-0.05, 0) is 29.8 Å². The molecule has 0 radical (unpaired) electrons. The van der Waals surface area contributed by atoms with Gasteiger partial charge in [0.05, 0.1) is 22.2 Å². The average molecular weight is 284 g/mol. The maximum Gasteiger partial charge on any atom is 0.273 e. The molecule has 1 heterocycles. The molecule has 1 aromatic heterocycles. The third-order valence-corrected chi connectivity index (χ3v) is 4.15. The molecule has 5 heteroatoms. The van der Waals surface area contributed by atoms with E-state index in [1.807, 2.05) is 48.5 Å². The van der Waals surface area contributed by atoms with Crippen molar-refractivity contribution < 1.29 is 4.79 Å². The first-order chi connectivity index (χ1) is 9.65. The Morgan fingerprint density at radius 1 is 1.10 bits per heavy atom. The molecule has 0 spiro atoms. The van der Waals surface area contributed by atoms with Crippen molar-refractivity contribution >= 4 is 27.5 Å². The van der Waals surface area contributed by atoms with E-state index in [-0.39, 0.29) is 17.9 Å². The van der Waals surface area contributed by atoms with E-state index in [2.05, 4.69) is 0 Å². The lowest BCUT2D eigenvalue weighted by atomic mass is 10.1. The maximum atomic E-state index is 12.3. The van der Waals surface area contributed by atoms with Crippen LogP contribution in [0.5, 0.6) is 0 Å². The summed E-state index contributed by atoms with van der Waals surface area (Å²) in [4.78, 5) is 23.2. The van der Waals surface area contributed by atoms with Crippen LogP contribution in [0.15, 0.2) is 53.3 Å².